The first kappa shape index (κ1) is 21.7. The van der Waals surface area contributed by atoms with E-state index in [1.54, 1.807) is 0 Å². The molecule has 0 heterocycles. The molecule has 0 atom stereocenters. The Morgan fingerprint density at radius 2 is 1.57 bits per heavy atom. The third-order valence-corrected chi connectivity index (χ3v) is 4.56. The molecule has 0 amide bonds. The zero-order valence-corrected chi connectivity index (χ0v) is 14.9. The van der Waals surface area contributed by atoms with Crippen LogP contribution in [0.5, 0.6) is 0 Å². The average molecular weight is 328 g/mol. The molecule has 0 aliphatic rings. The monoisotopic (exact) mass is 328 g/mol. The van der Waals surface area contributed by atoms with Crippen LogP contribution in [0.25, 0.3) is 0 Å². The van der Waals surface area contributed by atoms with Gasteiger partial charge < -0.3 is 19.7 Å². The Labute approximate surface area is 140 Å². The summed E-state index contributed by atoms with van der Waals surface area (Å²) in [6.45, 7) is 11.6. The van der Waals surface area contributed by atoms with Crippen molar-refractivity contribution in [3.63, 3.8) is 0 Å². The number of aliphatic hydroxyl groups excluding tert-OH is 2. The Hall–Kier alpha value is -1.33. The van der Waals surface area contributed by atoms with Gasteiger partial charge in [-0.05, 0) is 31.8 Å². The number of aliphatic hydroxyl groups is 2. The molecular formula is C18H32O5. The van der Waals surface area contributed by atoms with Crippen LogP contribution in [-0.2, 0) is 14.3 Å². The summed E-state index contributed by atoms with van der Waals surface area (Å²) in [5.41, 5.74) is -1.13. The summed E-state index contributed by atoms with van der Waals surface area (Å²) in [6, 6.07) is 0. The van der Waals surface area contributed by atoms with Crippen molar-refractivity contribution in [3.05, 3.63) is 24.5 Å². The SMILES string of the molecule is C=C(O)/C=C\C(=O)OC(CC)(CC)CCOC(CC)(CC)CO. The summed E-state index contributed by atoms with van der Waals surface area (Å²) in [7, 11) is 0. The molecular weight excluding hydrogens is 296 g/mol. The first-order valence-electron chi connectivity index (χ1n) is 8.36. The number of carbonyl (C=O) groups excluding carboxylic acids is 1. The van der Waals surface area contributed by atoms with Crippen LogP contribution < -0.4 is 0 Å². The third kappa shape index (κ3) is 7.18. The highest BCUT2D eigenvalue weighted by Gasteiger charge is 2.32. The molecule has 0 spiro atoms. The van der Waals surface area contributed by atoms with Crippen LogP contribution in [0.4, 0.5) is 0 Å². The first-order valence-corrected chi connectivity index (χ1v) is 8.36. The van der Waals surface area contributed by atoms with Crippen molar-refractivity contribution in [2.45, 2.75) is 71.0 Å². The highest BCUT2D eigenvalue weighted by molar-refractivity contribution is 5.82. The number of hydrogen-bond acceptors (Lipinski definition) is 5. The van der Waals surface area contributed by atoms with E-state index in [-0.39, 0.29) is 12.4 Å². The van der Waals surface area contributed by atoms with Gasteiger partial charge in [-0.2, -0.15) is 0 Å². The van der Waals surface area contributed by atoms with Crippen LogP contribution in [0.2, 0.25) is 0 Å². The molecule has 0 radical (unpaired) electrons. The van der Waals surface area contributed by atoms with Gasteiger partial charge in [0.05, 0.1) is 18.8 Å². The molecule has 0 rings (SSSR count). The second-order valence-electron chi connectivity index (χ2n) is 5.78. The molecule has 0 aliphatic carbocycles. The third-order valence-electron chi connectivity index (χ3n) is 4.56. The molecule has 23 heavy (non-hydrogen) atoms. The second-order valence-corrected chi connectivity index (χ2v) is 5.78. The van der Waals surface area contributed by atoms with E-state index in [2.05, 4.69) is 6.58 Å². The summed E-state index contributed by atoms with van der Waals surface area (Å²) in [5.74, 6) is -0.703. The number of carbonyl (C=O) groups is 1. The Morgan fingerprint density at radius 3 is 1.96 bits per heavy atom. The molecule has 2 N–H and O–H groups in total. The zero-order chi connectivity index (χ0) is 17.9. The maximum atomic E-state index is 11.9. The first-order chi connectivity index (χ1) is 10.8. The minimum atomic E-state index is -0.610. The minimum absolute atomic E-state index is 0.0214. The Bertz CT molecular complexity index is 384. The Kier molecular flexibility index (Phi) is 9.84. The predicted molar refractivity (Wildman–Crippen MR) is 91.3 cm³/mol. The van der Waals surface area contributed by atoms with E-state index in [9.17, 15) is 9.90 Å². The summed E-state index contributed by atoms with van der Waals surface area (Å²) < 4.78 is 11.5. The van der Waals surface area contributed by atoms with Crippen LogP contribution >= 0.6 is 0 Å². The second kappa shape index (κ2) is 10.4. The van der Waals surface area contributed by atoms with Crippen molar-refractivity contribution in [1.29, 1.82) is 0 Å². The summed E-state index contributed by atoms with van der Waals surface area (Å²) in [6.07, 6.45) is 5.72. The molecule has 0 saturated carbocycles. The van der Waals surface area contributed by atoms with Crippen molar-refractivity contribution < 1.29 is 24.5 Å². The van der Waals surface area contributed by atoms with Crippen LogP contribution in [0.15, 0.2) is 24.5 Å². The van der Waals surface area contributed by atoms with E-state index in [0.717, 1.165) is 12.8 Å². The summed E-state index contributed by atoms with van der Waals surface area (Å²) in [4.78, 5) is 11.9. The molecule has 0 saturated heterocycles. The molecule has 0 aromatic heterocycles. The Morgan fingerprint density at radius 1 is 1.04 bits per heavy atom. The highest BCUT2D eigenvalue weighted by atomic mass is 16.6. The smallest absolute Gasteiger partial charge is 0.331 e. The fraction of sp³-hybridized carbons (Fsp3) is 0.722. The van der Waals surface area contributed by atoms with Crippen molar-refractivity contribution in [2.24, 2.45) is 0 Å². The molecule has 5 heteroatoms. The lowest BCUT2D eigenvalue weighted by molar-refractivity contribution is -0.160. The zero-order valence-electron chi connectivity index (χ0n) is 14.9. The quantitative estimate of drug-likeness (QED) is 0.247. The molecule has 0 aliphatic heterocycles. The van der Waals surface area contributed by atoms with Gasteiger partial charge in [-0.25, -0.2) is 4.79 Å². The van der Waals surface area contributed by atoms with Gasteiger partial charge in [0.15, 0.2) is 0 Å². The van der Waals surface area contributed by atoms with Crippen LogP contribution in [-0.4, -0.2) is 40.6 Å². The number of rotatable bonds is 12. The van der Waals surface area contributed by atoms with Crippen molar-refractivity contribution in [3.8, 4) is 0 Å². The lowest BCUT2D eigenvalue weighted by Crippen LogP contribution is -2.39. The summed E-state index contributed by atoms with van der Waals surface area (Å²) >= 11 is 0. The maximum absolute atomic E-state index is 11.9. The molecule has 5 nitrogen and oxygen atoms in total. The number of hydrogen-bond donors (Lipinski definition) is 2. The molecule has 0 unspecified atom stereocenters. The van der Waals surface area contributed by atoms with Gasteiger partial charge in [0.2, 0.25) is 0 Å². The predicted octanol–water partition coefficient (Wildman–Crippen LogP) is 3.67. The average Bonchev–Trinajstić information content (AvgIpc) is 2.56. The standard InChI is InChI=1S/C18H32O5/c1-6-17(7-2,23-16(21)11-10-15(5)20)12-13-22-18(8-3,9-4)14-19/h10-11,19-20H,5-9,12-14H2,1-4H3/b11-10-. The fourth-order valence-electron chi connectivity index (χ4n) is 2.39. The van der Waals surface area contributed by atoms with E-state index < -0.39 is 17.2 Å². The molecule has 134 valence electrons. The highest BCUT2D eigenvalue weighted by Crippen LogP contribution is 2.28. The molecule has 0 aromatic carbocycles. The van der Waals surface area contributed by atoms with Gasteiger partial charge >= 0.3 is 5.97 Å². The topological polar surface area (TPSA) is 76.0 Å². The summed E-state index contributed by atoms with van der Waals surface area (Å²) in [5, 5.41) is 18.5. The van der Waals surface area contributed by atoms with Crippen LogP contribution in [0, 0.1) is 0 Å². The Balaban J connectivity index is 4.77. The largest absolute Gasteiger partial charge is 0.509 e. The van der Waals surface area contributed by atoms with Crippen LogP contribution in [0.1, 0.15) is 59.8 Å². The van der Waals surface area contributed by atoms with E-state index >= 15 is 0 Å². The number of esters is 1. The molecule has 0 bridgehead atoms. The maximum Gasteiger partial charge on any atom is 0.331 e. The van der Waals surface area contributed by atoms with Gasteiger partial charge in [0.25, 0.3) is 0 Å². The van der Waals surface area contributed by atoms with E-state index in [0.29, 0.717) is 25.9 Å². The van der Waals surface area contributed by atoms with E-state index in [1.807, 2.05) is 27.7 Å². The van der Waals surface area contributed by atoms with Crippen molar-refractivity contribution in [1.82, 2.24) is 0 Å². The lowest BCUT2D eigenvalue weighted by atomic mass is 9.92. The van der Waals surface area contributed by atoms with E-state index in [4.69, 9.17) is 14.6 Å². The van der Waals surface area contributed by atoms with Gasteiger partial charge in [0.1, 0.15) is 11.4 Å². The molecule has 0 aromatic rings. The van der Waals surface area contributed by atoms with Gasteiger partial charge in [-0.1, -0.05) is 34.3 Å². The van der Waals surface area contributed by atoms with Crippen molar-refractivity contribution in [2.75, 3.05) is 13.2 Å². The number of allylic oxidation sites excluding steroid dienone is 1. The van der Waals surface area contributed by atoms with Gasteiger partial charge in [0, 0.05) is 12.5 Å². The van der Waals surface area contributed by atoms with Gasteiger partial charge in [-0.3, -0.25) is 0 Å². The fourth-order valence-corrected chi connectivity index (χ4v) is 2.39. The van der Waals surface area contributed by atoms with Crippen LogP contribution in [0.3, 0.4) is 0 Å². The minimum Gasteiger partial charge on any atom is -0.509 e. The normalized spacial score (nSPS) is 12.6. The lowest BCUT2D eigenvalue weighted by Gasteiger charge is -2.34. The molecule has 0 fully saturated rings. The van der Waals surface area contributed by atoms with Crippen molar-refractivity contribution >= 4 is 5.97 Å². The van der Waals surface area contributed by atoms with E-state index in [1.165, 1.54) is 12.2 Å². The van der Waals surface area contributed by atoms with Gasteiger partial charge in [-0.15, -0.1) is 0 Å². The number of ether oxygens (including phenoxy) is 2.